The van der Waals surface area contributed by atoms with E-state index in [1.165, 1.54) is 16.8 Å². The number of ether oxygens (including phenoxy) is 1. The maximum absolute atomic E-state index is 12.6. The minimum absolute atomic E-state index is 0.00322. The standard InChI is InChI=1S/C21H36N6O4SSi/c1-16-14-27(32(2,29)30)9-6-7-17(16)24-21(28)25-19-13-22-20-18(23-19)8-10-26(20)15-31-11-12-33(3,4)5/h8,10,13,16-17H,6-7,9,11-12,14-15H2,1-5H3,(H2,23,24,25,28). The number of anilines is 1. The van der Waals surface area contributed by atoms with Crippen molar-refractivity contribution in [3.05, 3.63) is 18.5 Å². The molecule has 12 heteroatoms. The summed E-state index contributed by atoms with van der Waals surface area (Å²) in [5, 5.41) is 5.72. The van der Waals surface area contributed by atoms with Crippen LogP contribution in [0.25, 0.3) is 11.2 Å². The summed E-state index contributed by atoms with van der Waals surface area (Å²) < 4.78 is 32.9. The van der Waals surface area contributed by atoms with Crippen LogP contribution in [0.5, 0.6) is 0 Å². The van der Waals surface area contributed by atoms with Crippen molar-refractivity contribution < 1.29 is 17.9 Å². The lowest BCUT2D eigenvalue weighted by molar-refractivity contribution is 0.0899. The van der Waals surface area contributed by atoms with Gasteiger partial charge in [-0.25, -0.2) is 27.5 Å². The van der Waals surface area contributed by atoms with E-state index in [2.05, 4.69) is 40.2 Å². The van der Waals surface area contributed by atoms with Gasteiger partial charge in [-0.15, -0.1) is 0 Å². The minimum atomic E-state index is -3.24. The number of nitrogens with zero attached hydrogens (tertiary/aromatic N) is 4. The van der Waals surface area contributed by atoms with E-state index < -0.39 is 18.1 Å². The third-order valence-electron chi connectivity index (χ3n) is 5.82. The lowest BCUT2D eigenvalue weighted by atomic mass is 9.99. The molecule has 2 unspecified atom stereocenters. The quantitative estimate of drug-likeness (QED) is 0.428. The summed E-state index contributed by atoms with van der Waals surface area (Å²) in [4.78, 5) is 21.5. The lowest BCUT2D eigenvalue weighted by Crippen LogP contribution is -2.44. The van der Waals surface area contributed by atoms with E-state index in [-0.39, 0.29) is 18.0 Å². The molecule has 2 N–H and O–H groups in total. The van der Waals surface area contributed by atoms with E-state index in [0.29, 0.717) is 49.6 Å². The Labute approximate surface area is 197 Å². The van der Waals surface area contributed by atoms with Gasteiger partial charge in [-0.2, -0.15) is 0 Å². The number of carbonyl (C=O) groups is 1. The molecule has 10 nitrogen and oxygen atoms in total. The summed E-state index contributed by atoms with van der Waals surface area (Å²) in [6.45, 7) is 10.9. The maximum Gasteiger partial charge on any atom is 0.320 e. The molecular weight excluding hydrogens is 460 g/mol. The van der Waals surface area contributed by atoms with E-state index in [1.807, 2.05) is 23.8 Å². The van der Waals surface area contributed by atoms with Crippen LogP contribution in [0.1, 0.15) is 19.8 Å². The van der Waals surface area contributed by atoms with Crippen molar-refractivity contribution in [1.82, 2.24) is 24.2 Å². The first-order valence-electron chi connectivity index (χ1n) is 11.3. The fourth-order valence-corrected chi connectivity index (χ4v) is 5.54. The number of aromatic nitrogens is 3. The molecule has 2 atom stereocenters. The molecule has 2 amide bonds. The van der Waals surface area contributed by atoms with Crippen LogP contribution in [-0.2, 0) is 21.5 Å². The first kappa shape index (κ1) is 25.6. The second-order valence-corrected chi connectivity index (χ2v) is 17.6. The molecular formula is C21H36N6O4SSi. The van der Waals surface area contributed by atoms with Crippen molar-refractivity contribution in [3.8, 4) is 0 Å². The summed E-state index contributed by atoms with van der Waals surface area (Å²) in [5.74, 6) is 0.355. The smallest absolute Gasteiger partial charge is 0.320 e. The number of nitrogens with one attached hydrogen (secondary N) is 2. The van der Waals surface area contributed by atoms with Crippen LogP contribution in [0, 0.1) is 5.92 Å². The van der Waals surface area contributed by atoms with Gasteiger partial charge in [0, 0.05) is 40.0 Å². The van der Waals surface area contributed by atoms with Gasteiger partial charge in [0.15, 0.2) is 11.5 Å². The number of hydrogen-bond donors (Lipinski definition) is 2. The first-order chi connectivity index (χ1) is 15.4. The Balaban J connectivity index is 1.55. The lowest BCUT2D eigenvalue weighted by Gasteiger charge is -2.25. The van der Waals surface area contributed by atoms with Crippen molar-refractivity contribution in [2.24, 2.45) is 5.92 Å². The molecule has 3 heterocycles. The van der Waals surface area contributed by atoms with Gasteiger partial charge in [0.05, 0.1) is 12.5 Å². The van der Waals surface area contributed by atoms with Crippen molar-refractivity contribution in [3.63, 3.8) is 0 Å². The van der Waals surface area contributed by atoms with Crippen molar-refractivity contribution in [2.45, 2.75) is 58.2 Å². The van der Waals surface area contributed by atoms with Gasteiger partial charge in [0.1, 0.15) is 12.2 Å². The predicted octanol–water partition coefficient (Wildman–Crippen LogP) is 2.93. The monoisotopic (exact) mass is 496 g/mol. The fourth-order valence-electron chi connectivity index (χ4n) is 3.82. The highest BCUT2D eigenvalue weighted by Crippen LogP contribution is 2.19. The molecule has 184 valence electrons. The van der Waals surface area contributed by atoms with Gasteiger partial charge in [-0.05, 0) is 30.9 Å². The van der Waals surface area contributed by atoms with Crippen LogP contribution in [0.15, 0.2) is 18.5 Å². The van der Waals surface area contributed by atoms with E-state index in [0.717, 1.165) is 12.7 Å². The van der Waals surface area contributed by atoms with Gasteiger partial charge in [0.25, 0.3) is 0 Å². The van der Waals surface area contributed by atoms with Crippen LogP contribution in [0.3, 0.4) is 0 Å². The zero-order valence-electron chi connectivity index (χ0n) is 20.2. The summed E-state index contributed by atoms with van der Waals surface area (Å²) in [7, 11) is -4.37. The molecule has 1 saturated heterocycles. The summed E-state index contributed by atoms with van der Waals surface area (Å²) in [6.07, 6.45) is 6.04. The van der Waals surface area contributed by atoms with Gasteiger partial charge in [-0.3, -0.25) is 5.32 Å². The molecule has 1 fully saturated rings. The minimum Gasteiger partial charge on any atom is -0.361 e. The second-order valence-electron chi connectivity index (χ2n) is 10.0. The fraction of sp³-hybridized carbons (Fsp3) is 0.667. The third kappa shape index (κ3) is 7.49. The molecule has 33 heavy (non-hydrogen) atoms. The molecule has 2 aromatic heterocycles. The second kappa shape index (κ2) is 10.5. The Morgan fingerprint density at radius 2 is 2.09 bits per heavy atom. The summed E-state index contributed by atoms with van der Waals surface area (Å²) in [6, 6.07) is 2.46. The number of fused-ring (bicyclic) bond motifs is 1. The maximum atomic E-state index is 12.6. The molecule has 0 bridgehead atoms. The van der Waals surface area contributed by atoms with Crippen molar-refractivity contribution in [2.75, 3.05) is 31.3 Å². The normalized spacial score (nSPS) is 20.5. The number of rotatable bonds is 8. The number of hydrogen-bond acceptors (Lipinski definition) is 6. The Hall–Kier alpha value is -2.02. The molecule has 0 spiro atoms. The SMILES string of the molecule is CC1CN(S(C)(=O)=O)CCCC1NC(=O)Nc1cnc2c(ccn2COCC[Si](C)(C)C)n1. The number of urea groups is 1. The Morgan fingerprint density at radius 1 is 1.33 bits per heavy atom. The van der Waals surface area contributed by atoms with Crippen LogP contribution >= 0.6 is 0 Å². The largest absolute Gasteiger partial charge is 0.361 e. The van der Waals surface area contributed by atoms with E-state index in [4.69, 9.17) is 4.74 Å². The molecule has 0 radical (unpaired) electrons. The van der Waals surface area contributed by atoms with E-state index >= 15 is 0 Å². The van der Waals surface area contributed by atoms with Crippen LogP contribution in [-0.4, -0.2) is 73.4 Å². The third-order valence-corrected chi connectivity index (χ3v) is 8.79. The Kier molecular flexibility index (Phi) is 8.14. The predicted molar refractivity (Wildman–Crippen MR) is 132 cm³/mol. The van der Waals surface area contributed by atoms with Crippen molar-refractivity contribution in [1.29, 1.82) is 0 Å². The molecule has 3 rings (SSSR count). The molecule has 0 aliphatic carbocycles. The van der Waals surface area contributed by atoms with Crippen molar-refractivity contribution >= 4 is 41.1 Å². The van der Waals surface area contributed by atoms with Gasteiger partial charge in [-0.1, -0.05) is 26.6 Å². The van der Waals surface area contributed by atoms with Crippen LogP contribution in [0.2, 0.25) is 25.7 Å². The highest BCUT2D eigenvalue weighted by atomic mass is 32.2. The van der Waals surface area contributed by atoms with E-state index in [9.17, 15) is 13.2 Å². The molecule has 0 saturated carbocycles. The zero-order chi connectivity index (χ0) is 24.2. The van der Waals surface area contributed by atoms with Crippen LogP contribution < -0.4 is 10.6 Å². The number of sulfonamides is 1. The molecule has 1 aliphatic heterocycles. The highest BCUT2D eigenvalue weighted by Gasteiger charge is 2.29. The average molecular weight is 497 g/mol. The Morgan fingerprint density at radius 3 is 2.79 bits per heavy atom. The Bertz CT molecular complexity index is 1070. The summed E-state index contributed by atoms with van der Waals surface area (Å²) >= 11 is 0. The first-order valence-corrected chi connectivity index (χ1v) is 16.9. The zero-order valence-corrected chi connectivity index (χ0v) is 22.0. The molecule has 0 aromatic carbocycles. The number of carbonyl (C=O) groups excluding carboxylic acids is 1. The molecule has 2 aromatic rings. The van der Waals surface area contributed by atoms with Gasteiger partial charge >= 0.3 is 6.03 Å². The number of amides is 2. The summed E-state index contributed by atoms with van der Waals surface area (Å²) in [5.41, 5.74) is 1.38. The van der Waals surface area contributed by atoms with Gasteiger partial charge < -0.3 is 14.6 Å². The van der Waals surface area contributed by atoms with Gasteiger partial charge in [0.2, 0.25) is 10.0 Å². The average Bonchev–Trinajstić information content (AvgIpc) is 3.00. The topological polar surface area (TPSA) is 118 Å². The highest BCUT2D eigenvalue weighted by molar-refractivity contribution is 7.88. The van der Waals surface area contributed by atoms with E-state index in [1.54, 1.807) is 0 Å². The van der Waals surface area contributed by atoms with Crippen LogP contribution in [0.4, 0.5) is 10.6 Å². The molecule has 1 aliphatic rings.